The fourth-order valence-corrected chi connectivity index (χ4v) is 3.16. The maximum absolute atomic E-state index is 6.04. The lowest BCUT2D eigenvalue weighted by atomic mass is 9.93. The van der Waals surface area contributed by atoms with Crippen molar-refractivity contribution in [1.82, 2.24) is 0 Å². The van der Waals surface area contributed by atoms with E-state index >= 15 is 0 Å². The zero-order valence-corrected chi connectivity index (χ0v) is 14.5. The highest BCUT2D eigenvalue weighted by atomic mass is 16.5. The van der Waals surface area contributed by atoms with Crippen LogP contribution in [0.4, 0.5) is 0 Å². The van der Waals surface area contributed by atoms with E-state index in [1.54, 1.807) is 0 Å². The summed E-state index contributed by atoms with van der Waals surface area (Å²) in [6.45, 7) is 8.72. The molecule has 2 nitrogen and oxygen atoms in total. The average Bonchev–Trinajstić information content (AvgIpc) is 2.63. The lowest BCUT2D eigenvalue weighted by molar-refractivity contribution is 0.302. The molecule has 1 aliphatic rings. The van der Waals surface area contributed by atoms with Gasteiger partial charge in [-0.1, -0.05) is 60.7 Å². The van der Waals surface area contributed by atoms with E-state index in [0.29, 0.717) is 12.4 Å². The van der Waals surface area contributed by atoms with E-state index in [1.807, 2.05) is 31.2 Å². The molecule has 0 aromatic heterocycles. The van der Waals surface area contributed by atoms with Gasteiger partial charge in [0.25, 0.3) is 0 Å². The van der Waals surface area contributed by atoms with Crippen LogP contribution in [0, 0.1) is 13.8 Å². The number of hydrogen-bond acceptors (Lipinski definition) is 2. The van der Waals surface area contributed by atoms with Crippen LogP contribution in [-0.2, 0) is 6.61 Å². The Bertz CT molecular complexity index is 952. The molecule has 0 N–H and O–H groups in total. The lowest BCUT2D eigenvalue weighted by Gasteiger charge is -2.25. The Kier molecular flexibility index (Phi) is 3.81. The molecule has 0 amide bonds. The van der Waals surface area contributed by atoms with Crippen LogP contribution in [0.2, 0.25) is 0 Å². The Morgan fingerprint density at radius 1 is 0.840 bits per heavy atom. The molecule has 0 saturated heterocycles. The fourth-order valence-electron chi connectivity index (χ4n) is 3.16. The van der Waals surface area contributed by atoms with Crippen molar-refractivity contribution in [3.8, 4) is 22.6 Å². The first-order valence-electron chi connectivity index (χ1n) is 8.42. The third-order valence-electron chi connectivity index (χ3n) is 4.61. The minimum Gasteiger partial charge on any atom is -0.488 e. The van der Waals surface area contributed by atoms with Crippen LogP contribution in [-0.4, -0.2) is 0 Å². The third-order valence-corrected chi connectivity index (χ3v) is 4.61. The number of hydrogen-bond donors (Lipinski definition) is 0. The van der Waals surface area contributed by atoms with Crippen LogP contribution in [0.1, 0.15) is 22.3 Å². The van der Waals surface area contributed by atoms with E-state index in [1.165, 1.54) is 5.56 Å². The molecule has 1 heterocycles. The molecule has 3 aromatic carbocycles. The van der Waals surface area contributed by atoms with Crippen molar-refractivity contribution < 1.29 is 9.47 Å². The van der Waals surface area contributed by atoms with E-state index in [4.69, 9.17) is 9.47 Å². The standard InChI is InChI=1S/C23H20O2/c1-15-8-10-18(11-9-15)14-24-22-13-12-21-20-7-5-4-6-19(20)17(3)25-23(21)16(22)2/h4-13H,3,14H2,1-2H3. The number of aryl methyl sites for hydroxylation is 1. The molecule has 0 aliphatic carbocycles. The summed E-state index contributed by atoms with van der Waals surface area (Å²) >= 11 is 0. The minimum absolute atomic E-state index is 0.539. The third kappa shape index (κ3) is 2.80. The first kappa shape index (κ1) is 15.5. The Labute approximate surface area is 148 Å². The van der Waals surface area contributed by atoms with Crippen LogP contribution >= 0.6 is 0 Å². The van der Waals surface area contributed by atoms with Gasteiger partial charge in [0.05, 0.1) is 0 Å². The van der Waals surface area contributed by atoms with E-state index in [-0.39, 0.29) is 0 Å². The normalized spacial score (nSPS) is 12.2. The van der Waals surface area contributed by atoms with Crippen molar-refractivity contribution in [1.29, 1.82) is 0 Å². The summed E-state index contributed by atoms with van der Waals surface area (Å²) in [6.07, 6.45) is 0. The molecule has 0 radical (unpaired) electrons. The summed E-state index contributed by atoms with van der Waals surface area (Å²) in [5.41, 5.74) is 6.69. The molecule has 0 unspecified atom stereocenters. The van der Waals surface area contributed by atoms with Crippen molar-refractivity contribution in [2.24, 2.45) is 0 Å². The smallest absolute Gasteiger partial charge is 0.141 e. The maximum atomic E-state index is 6.04. The molecule has 0 saturated carbocycles. The van der Waals surface area contributed by atoms with Crippen molar-refractivity contribution >= 4 is 5.76 Å². The number of fused-ring (bicyclic) bond motifs is 3. The molecule has 1 aliphatic heterocycles. The van der Waals surface area contributed by atoms with Crippen LogP contribution in [0.3, 0.4) is 0 Å². The molecule has 0 spiro atoms. The SMILES string of the molecule is C=C1Oc2c(ccc(OCc3ccc(C)cc3)c2C)-c2ccccc21. The van der Waals surface area contributed by atoms with Gasteiger partial charge >= 0.3 is 0 Å². The molecular weight excluding hydrogens is 308 g/mol. The molecule has 25 heavy (non-hydrogen) atoms. The van der Waals surface area contributed by atoms with E-state index in [0.717, 1.165) is 39.3 Å². The predicted molar refractivity (Wildman–Crippen MR) is 102 cm³/mol. The Morgan fingerprint density at radius 3 is 2.32 bits per heavy atom. The van der Waals surface area contributed by atoms with Gasteiger partial charge in [0.1, 0.15) is 23.9 Å². The van der Waals surface area contributed by atoms with Crippen molar-refractivity contribution in [2.45, 2.75) is 20.5 Å². The average molecular weight is 328 g/mol. The Balaban J connectivity index is 1.66. The Morgan fingerprint density at radius 2 is 1.56 bits per heavy atom. The van der Waals surface area contributed by atoms with Crippen molar-refractivity contribution in [3.63, 3.8) is 0 Å². The predicted octanol–water partition coefficient (Wildman–Crippen LogP) is 5.91. The van der Waals surface area contributed by atoms with Gasteiger partial charge in [-0.15, -0.1) is 0 Å². The van der Waals surface area contributed by atoms with Crippen molar-refractivity contribution in [3.05, 3.63) is 89.5 Å². The molecule has 124 valence electrons. The fraction of sp³-hybridized carbons (Fsp3) is 0.130. The minimum atomic E-state index is 0.539. The molecule has 0 atom stereocenters. The first-order chi connectivity index (χ1) is 12.1. The first-order valence-corrected chi connectivity index (χ1v) is 8.42. The number of ether oxygens (including phenoxy) is 2. The van der Waals surface area contributed by atoms with Crippen molar-refractivity contribution in [2.75, 3.05) is 0 Å². The van der Waals surface area contributed by atoms with E-state index < -0.39 is 0 Å². The highest BCUT2D eigenvalue weighted by Gasteiger charge is 2.23. The summed E-state index contributed by atoms with van der Waals surface area (Å²) in [5, 5.41) is 0. The second-order valence-corrected chi connectivity index (χ2v) is 6.41. The molecular formula is C23H20O2. The summed E-state index contributed by atoms with van der Waals surface area (Å²) in [5.74, 6) is 2.36. The van der Waals surface area contributed by atoms with Gasteiger partial charge < -0.3 is 9.47 Å². The molecule has 3 aromatic rings. The molecule has 0 bridgehead atoms. The van der Waals surface area contributed by atoms with Crippen LogP contribution in [0.15, 0.2) is 67.2 Å². The largest absolute Gasteiger partial charge is 0.488 e. The van der Waals surface area contributed by atoms with Gasteiger partial charge in [-0.25, -0.2) is 0 Å². The molecule has 0 fully saturated rings. The molecule has 4 rings (SSSR count). The van der Waals surface area contributed by atoms with E-state index in [9.17, 15) is 0 Å². The summed E-state index contributed by atoms with van der Waals surface area (Å²) in [4.78, 5) is 0. The van der Waals surface area contributed by atoms with E-state index in [2.05, 4.69) is 49.9 Å². The maximum Gasteiger partial charge on any atom is 0.141 e. The molecule has 2 heteroatoms. The summed E-state index contributed by atoms with van der Waals surface area (Å²) < 4.78 is 12.1. The van der Waals surface area contributed by atoms with Gasteiger partial charge in [0.2, 0.25) is 0 Å². The second kappa shape index (κ2) is 6.14. The van der Waals surface area contributed by atoms with Gasteiger partial charge in [0, 0.05) is 16.7 Å². The Hall–Kier alpha value is -3.00. The van der Waals surface area contributed by atoms with Gasteiger partial charge in [-0.3, -0.25) is 0 Å². The van der Waals surface area contributed by atoms with Gasteiger partial charge in [-0.05, 0) is 37.1 Å². The van der Waals surface area contributed by atoms with Crippen LogP contribution in [0.25, 0.3) is 16.9 Å². The topological polar surface area (TPSA) is 18.5 Å². The highest BCUT2D eigenvalue weighted by Crippen LogP contribution is 2.45. The number of benzene rings is 3. The summed E-state index contributed by atoms with van der Waals surface area (Å²) in [6, 6.07) is 20.7. The monoisotopic (exact) mass is 328 g/mol. The summed E-state index contributed by atoms with van der Waals surface area (Å²) in [7, 11) is 0. The zero-order chi connectivity index (χ0) is 17.4. The van der Waals surface area contributed by atoms with Gasteiger partial charge in [-0.2, -0.15) is 0 Å². The lowest BCUT2D eigenvalue weighted by Crippen LogP contribution is -2.06. The van der Waals surface area contributed by atoms with Crippen LogP contribution < -0.4 is 9.47 Å². The second-order valence-electron chi connectivity index (χ2n) is 6.41. The zero-order valence-electron chi connectivity index (χ0n) is 14.5. The number of rotatable bonds is 3. The van der Waals surface area contributed by atoms with Crippen LogP contribution in [0.5, 0.6) is 11.5 Å². The van der Waals surface area contributed by atoms with Gasteiger partial charge in [0.15, 0.2) is 0 Å². The highest BCUT2D eigenvalue weighted by molar-refractivity contribution is 5.87. The quantitative estimate of drug-likeness (QED) is 0.595.